The number of hydrogen-bond acceptors (Lipinski definition) is 4. The van der Waals surface area contributed by atoms with E-state index in [1.54, 1.807) is 16.8 Å². The van der Waals surface area contributed by atoms with E-state index < -0.39 is 0 Å². The predicted molar refractivity (Wildman–Crippen MR) is 97.7 cm³/mol. The molecule has 2 N–H and O–H groups in total. The maximum absolute atomic E-state index is 12.0. The Bertz CT molecular complexity index is 867. The highest BCUT2D eigenvalue weighted by Gasteiger charge is 2.07. The third kappa shape index (κ3) is 3.56. The van der Waals surface area contributed by atoms with Crippen molar-refractivity contribution < 1.29 is 4.79 Å². The highest BCUT2D eigenvalue weighted by atomic mass is 32.1. The number of anilines is 1. The number of fused-ring (bicyclic) bond motifs is 1. The molecule has 2 aromatic heterocycles. The van der Waals surface area contributed by atoms with Crippen LogP contribution in [0.5, 0.6) is 0 Å². The smallest absolute Gasteiger partial charge is 0.319 e. The molecule has 1 aromatic carbocycles. The summed E-state index contributed by atoms with van der Waals surface area (Å²) in [7, 11) is 0. The highest BCUT2D eigenvalue weighted by Crippen LogP contribution is 2.21. The van der Waals surface area contributed by atoms with Gasteiger partial charge in [-0.1, -0.05) is 0 Å². The molecule has 0 unspecified atom stereocenters. The average molecular weight is 343 g/mol. The van der Waals surface area contributed by atoms with E-state index in [0.717, 1.165) is 34.6 Å². The Hall–Kier alpha value is -2.41. The van der Waals surface area contributed by atoms with Gasteiger partial charge in [-0.15, -0.1) is 11.3 Å². The van der Waals surface area contributed by atoms with Crippen LogP contribution in [0.3, 0.4) is 0 Å². The van der Waals surface area contributed by atoms with Crippen LogP contribution in [0.25, 0.3) is 10.2 Å². The van der Waals surface area contributed by atoms with Crippen molar-refractivity contribution in [3.05, 3.63) is 40.7 Å². The second kappa shape index (κ2) is 7.00. The monoisotopic (exact) mass is 343 g/mol. The van der Waals surface area contributed by atoms with Crippen molar-refractivity contribution in [3.63, 3.8) is 0 Å². The first-order valence-electron chi connectivity index (χ1n) is 7.93. The zero-order valence-electron chi connectivity index (χ0n) is 14.1. The summed E-state index contributed by atoms with van der Waals surface area (Å²) in [5.41, 5.74) is 7.02. The zero-order chi connectivity index (χ0) is 17.1. The fourth-order valence-corrected chi connectivity index (χ4v) is 3.26. The summed E-state index contributed by atoms with van der Waals surface area (Å²) in [6.45, 7) is 7.58. The number of nitrogens with zero attached hydrogens (tertiary/aromatic N) is 3. The number of urea groups is 1. The lowest BCUT2D eigenvalue weighted by Gasteiger charge is -2.08. The van der Waals surface area contributed by atoms with Crippen LogP contribution in [-0.2, 0) is 6.54 Å². The summed E-state index contributed by atoms with van der Waals surface area (Å²) in [5, 5.41) is 10.2. The largest absolute Gasteiger partial charge is 0.338 e. The van der Waals surface area contributed by atoms with Crippen LogP contribution in [0.4, 0.5) is 10.5 Å². The number of rotatable bonds is 5. The quantitative estimate of drug-likeness (QED) is 0.695. The van der Waals surface area contributed by atoms with Crippen LogP contribution in [-0.4, -0.2) is 27.3 Å². The highest BCUT2D eigenvalue weighted by molar-refractivity contribution is 7.16. The van der Waals surface area contributed by atoms with Gasteiger partial charge in [-0.25, -0.2) is 9.78 Å². The molecule has 3 rings (SSSR count). The minimum Gasteiger partial charge on any atom is -0.338 e. The average Bonchev–Trinajstić information content (AvgIpc) is 3.12. The topological polar surface area (TPSA) is 71.8 Å². The number of aromatic nitrogens is 3. The van der Waals surface area contributed by atoms with Gasteiger partial charge in [0, 0.05) is 24.5 Å². The van der Waals surface area contributed by atoms with Crippen LogP contribution in [0.2, 0.25) is 0 Å². The summed E-state index contributed by atoms with van der Waals surface area (Å²) in [6, 6.07) is 5.52. The SMILES string of the molecule is Cc1nn(CCCNC(=O)Nc2ccc3ncsc3c2)c(C)c1C. The lowest BCUT2D eigenvalue weighted by Crippen LogP contribution is -2.30. The number of aryl methyl sites for hydroxylation is 2. The lowest BCUT2D eigenvalue weighted by molar-refractivity contribution is 0.251. The van der Waals surface area contributed by atoms with Gasteiger partial charge in [0.25, 0.3) is 0 Å². The van der Waals surface area contributed by atoms with Gasteiger partial charge >= 0.3 is 6.03 Å². The van der Waals surface area contributed by atoms with Crippen molar-refractivity contribution in [1.82, 2.24) is 20.1 Å². The number of benzene rings is 1. The van der Waals surface area contributed by atoms with Gasteiger partial charge in [-0.2, -0.15) is 5.10 Å². The Kier molecular flexibility index (Phi) is 4.80. The van der Waals surface area contributed by atoms with Crippen LogP contribution in [0.1, 0.15) is 23.4 Å². The molecule has 0 aliphatic rings. The number of carbonyl (C=O) groups is 1. The van der Waals surface area contributed by atoms with Crippen molar-refractivity contribution in [2.45, 2.75) is 33.7 Å². The maximum atomic E-state index is 12.0. The first-order chi connectivity index (χ1) is 11.5. The first-order valence-corrected chi connectivity index (χ1v) is 8.81. The molecule has 2 heterocycles. The predicted octanol–water partition coefficient (Wildman–Crippen LogP) is 3.63. The standard InChI is InChI=1S/C17H21N5OS/c1-11-12(2)21-22(13(11)3)8-4-7-18-17(23)20-14-5-6-15-16(9-14)24-10-19-15/h5-6,9-10H,4,7-8H2,1-3H3,(H2,18,20,23). The van der Waals surface area contributed by atoms with E-state index in [-0.39, 0.29) is 6.03 Å². The molecule has 0 atom stereocenters. The van der Waals surface area contributed by atoms with Crippen molar-refractivity contribution in [1.29, 1.82) is 0 Å². The summed E-state index contributed by atoms with van der Waals surface area (Å²) in [6.07, 6.45) is 0.836. The Morgan fingerprint density at radius 2 is 2.12 bits per heavy atom. The number of thiazole rings is 1. The second-order valence-electron chi connectivity index (χ2n) is 5.79. The molecule has 0 spiro atoms. The number of hydrogen-bond donors (Lipinski definition) is 2. The molecule has 0 bridgehead atoms. The van der Waals surface area contributed by atoms with E-state index in [1.807, 2.05) is 29.8 Å². The zero-order valence-corrected chi connectivity index (χ0v) is 14.9. The van der Waals surface area contributed by atoms with Gasteiger partial charge in [-0.3, -0.25) is 4.68 Å². The number of nitrogens with one attached hydrogen (secondary N) is 2. The van der Waals surface area contributed by atoms with Crippen molar-refractivity contribution in [2.24, 2.45) is 0 Å². The van der Waals surface area contributed by atoms with Crippen molar-refractivity contribution in [2.75, 3.05) is 11.9 Å². The Morgan fingerprint density at radius 1 is 1.29 bits per heavy atom. The fraction of sp³-hybridized carbons (Fsp3) is 0.353. The molecule has 6 nitrogen and oxygen atoms in total. The van der Waals surface area contributed by atoms with E-state index in [1.165, 1.54) is 11.3 Å². The van der Waals surface area contributed by atoms with Gasteiger partial charge in [0.15, 0.2) is 0 Å². The molecule has 126 valence electrons. The van der Waals surface area contributed by atoms with Crippen LogP contribution < -0.4 is 10.6 Å². The number of amides is 2. The minimum absolute atomic E-state index is 0.191. The van der Waals surface area contributed by atoms with E-state index >= 15 is 0 Å². The summed E-state index contributed by atoms with van der Waals surface area (Å²) in [5.74, 6) is 0. The molecule has 0 aliphatic carbocycles. The van der Waals surface area contributed by atoms with Crippen LogP contribution in [0, 0.1) is 20.8 Å². The maximum Gasteiger partial charge on any atom is 0.319 e. The molecule has 0 radical (unpaired) electrons. The number of carbonyl (C=O) groups excluding carboxylic acids is 1. The van der Waals surface area contributed by atoms with Gasteiger partial charge < -0.3 is 10.6 Å². The normalized spacial score (nSPS) is 11.0. The first kappa shape index (κ1) is 16.4. The summed E-state index contributed by atoms with van der Waals surface area (Å²) >= 11 is 1.56. The summed E-state index contributed by atoms with van der Waals surface area (Å²) < 4.78 is 3.06. The van der Waals surface area contributed by atoms with Gasteiger partial charge in [0.1, 0.15) is 0 Å². The third-order valence-electron chi connectivity index (χ3n) is 4.16. The molecule has 24 heavy (non-hydrogen) atoms. The third-order valence-corrected chi connectivity index (χ3v) is 4.96. The molecule has 0 saturated heterocycles. The molecule has 3 aromatic rings. The van der Waals surface area contributed by atoms with Crippen molar-refractivity contribution in [3.8, 4) is 0 Å². The van der Waals surface area contributed by atoms with E-state index in [0.29, 0.717) is 6.54 Å². The van der Waals surface area contributed by atoms with Gasteiger partial charge in [0.05, 0.1) is 21.4 Å². The van der Waals surface area contributed by atoms with Crippen LogP contribution in [0.15, 0.2) is 23.7 Å². The van der Waals surface area contributed by atoms with Gasteiger partial charge in [-0.05, 0) is 51.0 Å². The molecule has 7 heteroatoms. The Balaban J connectivity index is 1.46. The van der Waals surface area contributed by atoms with Gasteiger partial charge in [0.2, 0.25) is 0 Å². The Morgan fingerprint density at radius 3 is 2.88 bits per heavy atom. The van der Waals surface area contributed by atoms with Crippen molar-refractivity contribution >= 4 is 33.3 Å². The second-order valence-corrected chi connectivity index (χ2v) is 6.67. The minimum atomic E-state index is -0.191. The molecular formula is C17H21N5OS. The molecule has 0 aliphatic heterocycles. The fourth-order valence-electron chi connectivity index (χ4n) is 2.54. The summed E-state index contributed by atoms with van der Waals surface area (Å²) in [4.78, 5) is 16.2. The van der Waals surface area contributed by atoms with E-state index in [4.69, 9.17) is 0 Å². The molecule has 0 saturated carbocycles. The van der Waals surface area contributed by atoms with E-state index in [9.17, 15) is 4.79 Å². The molecular weight excluding hydrogens is 322 g/mol. The van der Waals surface area contributed by atoms with Crippen LogP contribution >= 0.6 is 11.3 Å². The Labute approximate surface area is 144 Å². The molecule has 2 amide bonds. The lowest BCUT2D eigenvalue weighted by atomic mass is 10.2. The molecule has 0 fully saturated rings. The van der Waals surface area contributed by atoms with E-state index in [2.05, 4.69) is 34.6 Å².